The van der Waals surface area contributed by atoms with Crippen LogP contribution in [-0.2, 0) is 4.79 Å². The quantitative estimate of drug-likeness (QED) is 0.682. The third-order valence-electron chi connectivity index (χ3n) is 3.97. The summed E-state index contributed by atoms with van der Waals surface area (Å²) in [6.07, 6.45) is 7.92. The minimum Gasteiger partial charge on any atom is -0.491 e. The van der Waals surface area contributed by atoms with Crippen molar-refractivity contribution in [3.8, 4) is 5.75 Å². The van der Waals surface area contributed by atoms with Crippen molar-refractivity contribution in [2.45, 2.75) is 39.0 Å². The zero-order valence-corrected chi connectivity index (χ0v) is 12.9. The number of hydrogen-bond acceptors (Lipinski definition) is 2. The van der Waals surface area contributed by atoms with E-state index in [2.05, 4.69) is 6.92 Å². The predicted octanol–water partition coefficient (Wildman–Crippen LogP) is 4.52. The van der Waals surface area contributed by atoms with Gasteiger partial charge in [-0.3, -0.25) is 4.79 Å². The van der Waals surface area contributed by atoms with Gasteiger partial charge in [0, 0.05) is 6.42 Å². The van der Waals surface area contributed by atoms with Gasteiger partial charge in [-0.1, -0.05) is 31.6 Å². The fourth-order valence-corrected chi connectivity index (χ4v) is 2.52. The van der Waals surface area contributed by atoms with E-state index in [1.54, 1.807) is 6.07 Å². The number of hydrogen-bond donors (Lipinski definition) is 1. The Labute approximate surface area is 130 Å². The Kier molecular flexibility index (Phi) is 5.99. The first-order valence-electron chi connectivity index (χ1n) is 7.90. The van der Waals surface area contributed by atoms with Crippen molar-refractivity contribution in [1.82, 2.24) is 0 Å². The Bertz CT molecular complexity index is 539. The number of carboxylic acid groups (broad SMARTS) is 1. The van der Waals surface area contributed by atoms with Crippen LogP contribution >= 0.6 is 0 Å². The van der Waals surface area contributed by atoms with Gasteiger partial charge in [-0.05, 0) is 48.8 Å². The molecule has 120 valence electrons. The van der Waals surface area contributed by atoms with Gasteiger partial charge in [0.15, 0.2) is 11.6 Å². The average Bonchev–Trinajstić information content (AvgIpc) is 3.18. The maximum atomic E-state index is 13.9. The number of benzene rings is 1. The van der Waals surface area contributed by atoms with E-state index in [4.69, 9.17) is 9.84 Å². The fourth-order valence-electron chi connectivity index (χ4n) is 2.52. The summed E-state index contributed by atoms with van der Waals surface area (Å²) in [4.78, 5) is 10.6. The second kappa shape index (κ2) is 7.97. The zero-order chi connectivity index (χ0) is 15.9. The van der Waals surface area contributed by atoms with Crippen molar-refractivity contribution in [3.63, 3.8) is 0 Å². The number of carbonyl (C=O) groups is 1. The predicted molar refractivity (Wildman–Crippen MR) is 84.3 cm³/mol. The van der Waals surface area contributed by atoms with Gasteiger partial charge in [-0.2, -0.15) is 0 Å². The summed E-state index contributed by atoms with van der Waals surface area (Å²) < 4.78 is 19.2. The molecule has 2 rings (SSSR count). The Morgan fingerprint density at radius 3 is 2.95 bits per heavy atom. The molecule has 0 radical (unpaired) electrons. The standard InChI is InChI=1S/C18H23FO3/c1-2-3-9-22-17-8-7-13(10-16(17)19)5-4-6-14-11-15(14)12-18(20)21/h4-5,7-8,10,14-15H,2-3,6,9,11-12H2,1H3,(H,20,21). The van der Waals surface area contributed by atoms with Crippen LogP contribution in [0.15, 0.2) is 24.3 Å². The number of halogens is 1. The van der Waals surface area contributed by atoms with Gasteiger partial charge in [0.05, 0.1) is 6.61 Å². The number of allylic oxidation sites excluding steroid dienone is 1. The van der Waals surface area contributed by atoms with Crippen molar-refractivity contribution in [2.24, 2.45) is 11.8 Å². The number of unbranched alkanes of at least 4 members (excludes halogenated alkanes) is 1. The molecule has 1 N–H and O–H groups in total. The third kappa shape index (κ3) is 5.17. The van der Waals surface area contributed by atoms with Gasteiger partial charge in [0.25, 0.3) is 0 Å². The molecule has 1 aromatic rings. The van der Waals surface area contributed by atoms with Crippen LogP contribution in [0, 0.1) is 17.7 Å². The summed E-state index contributed by atoms with van der Waals surface area (Å²) in [5, 5.41) is 8.71. The summed E-state index contributed by atoms with van der Waals surface area (Å²) in [5.41, 5.74) is 0.802. The molecule has 0 aromatic heterocycles. The molecule has 2 atom stereocenters. The zero-order valence-electron chi connectivity index (χ0n) is 12.9. The first-order valence-corrected chi connectivity index (χ1v) is 7.90. The van der Waals surface area contributed by atoms with Crippen molar-refractivity contribution in [3.05, 3.63) is 35.7 Å². The molecule has 1 aliphatic carbocycles. The van der Waals surface area contributed by atoms with Crippen LogP contribution in [0.3, 0.4) is 0 Å². The molecule has 1 saturated carbocycles. The lowest BCUT2D eigenvalue weighted by Crippen LogP contribution is -1.98. The van der Waals surface area contributed by atoms with Gasteiger partial charge >= 0.3 is 5.97 Å². The van der Waals surface area contributed by atoms with E-state index in [1.807, 2.05) is 18.2 Å². The fraction of sp³-hybridized carbons (Fsp3) is 0.500. The van der Waals surface area contributed by atoms with Crippen LogP contribution in [0.4, 0.5) is 4.39 Å². The van der Waals surface area contributed by atoms with Gasteiger partial charge < -0.3 is 9.84 Å². The van der Waals surface area contributed by atoms with Gasteiger partial charge in [-0.25, -0.2) is 4.39 Å². The van der Waals surface area contributed by atoms with Crippen molar-refractivity contribution < 1.29 is 19.0 Å². The molecule has 0 saturated heterocycles. The molecule has 0 spiro atoms. The Hall–Kier alpha value is -1.84. The molecule has 4 heteroatoms. The molecule has 2 unspecified atom stereocenters. The molecule has 0 bridgehead atoms. The number of carboxylic acids is 1. The Balaban J connectivity index is 1.79. The second-order valence-electron chi connectivity index (χ2n) is 5.88. The molecular formula is C18H23FO3. The maximum absolute atomic E-state index is 13.9. The Morgan fingerprint density at radius 2 is 2.27 bits per heavy atom. The van der Waals surface area contributed by atoms with E-state index in [0.29, 0.717) is 24.2 Å². The van der Waals surface area contributed by atoms with Crippen LogP contribution in [0.1, 0.15) is 44.6 Å². The summed E-state index contributed by atoms with van der Waals surface area (Å²) in [6.45, 7) is 2.60. The van der Waals surface area contributed by atoms with Gasteiger partial charge in [0.2, 0.25) is 0 Å². The molecular weight excluding hydrogens is 283 g/mol. The van der Waals surface area contributed by atoms with Crippen molar-refractivity contribution in [1.29, 1.82) is 0 Å². The average molecular weight is 306 g/mol. The number of aliphatic carboxylic acids is 1. The molecule has 1 aliphatic rings. The first kappa shape index (κ1) is 16.5. The number of ether oxygens (including phenoxy) is 1. The summed E-state index contributed by atoms with van der Waals surface area (Å²) >= 11 is 0. The summed E-state index contributed by atoms with van der Waals surface area (Å²) in [7, 11) is 0. The van der Waals surface area contributed by atoms with E-state index in [0.717, 1.165) is 31.2 Å². The minimum absolute atomic E-state index is 0.261. The van der Waals surface area contributed by atoms with Gasteiger partial charge in [-0.15, -0.1) is 0 Å². The normalized spacial score (nSPS) is 20.3. The smallest absolute Gasteiger partial charge is 0.303 e. The largest absolute Gasteiger partial charge is 0.491 e. The minimum atomic E-state index is -0.725. The molecule has 1 fully saturated rings. The van der Waals surface area contributed by atoms with Crippen LogP contribution < -0.4 is 4.74 Å². The highest BCUT2D eigenvalue weighted by atomic mass is 19.1. The van der Waals surface area contributed by atoms with E-state index in [9.17, 15) is 9.18 Å². The highest BCUT2D eigenvalue weighted by Gasteiger charge is 2.37. The topological polar surface area (TPSA) is 46.5 Å². The Morgan fingerprint density at radius 1 is 1.45 bits per heavy atom. The lowest BCUT2D eigenvalue weighted by atomic mass is 10.1. The number of rotatable bonds is 9. The molecule has 1 aromatic carbocycles. The molecule has 0 aliphatic heterocycles. The van der Waals surface area contributed by atoms with Crippen LogP contribution in [0.2, 0.25) is 0 Å². The maximum Gasteiger partial charge on any atom is 0.303 e. The van der Waals surface area contributed by atoms with E-state index >= 15 is 0 Å². The van der Waals surface area contributed by atoms with Crippen molar-refractivity contribution >= 4 is 12.0 Å². The van der Waals surface area contributed by atoms with E-state index in [1.165, 1.54) is 6.07 Å². The summed E-state index contributed by atoms with van der Waals surface area (Å²) in [6, 6.07) is 4.97. The molecule has 0 heterocycles. The monoisotopic (exact) mass is 306 g/mol. The lowest BCUT2D eigenvalue weighted by Gasteiger charge is -2.06. The molecule has 3 nitrogen and oxygen atoms in total. The second-order valence-corrected chi connectivity index (χ2v) is 5.88. The van der Waals surface area contributed by atoms with E-state index < -0.39 is 5.97 Å². The SMILES string of the molecule is CCCCOc1ccc(C=CCC2CC2CC(=O)O)cc1F. The van der Waals surface area contributed by atoms with Crippen LogP contribution in [-0.4, -0.2) is 17.7 Å². The molecule has 0 amide bonds. The summed E-state index contributed by atoms with van der Waals surface area (Å²) in [5.74, 6) is 0.0158. The van der Waals surface area contributed by atoms with Crippen molar-refractivity contribution in [2.75, 3.05) is 6.61 Å². The lowest BCUT2D eigenvalue weighted by molar-refractivity contribution is -0.137. The highest BCUT2D eigenvalue weighted by molar-refractivity contribution is 5.67. The first-order chi connectivity index (χ1) is 10.6. The van der Waals surface area contributed by atoms with E-state index in [-0.39, 0.29) is 12.2 Å². The highest BCUT2D eigenvalue weighted by Crippen LogP contribution is 2.44. The molecule has 22 heavy (non-hydrogen) atoms. The third-order valence-corrected chi connectivity index (χ3v) is 3.97. The van der Waals surface area contributed by atoms with Crippen LogP contribution in [0.25, 0.3) is 6.08 Å². The van der Waals surface area contributed by atoms with Crippen LogP contribution in [0.5, 0.6) is 5.75 Å². The van der Waals surface area contributed by atoms with Gasteiger partial charge in [0.1, 0.15) is 0 Å².